The standard InChI is InChI=1S/C15H25N3O2/c1-4-6-8-11(7-5-2)17-14-12(16)9-10-13(18-14)15(19)20-3/h9-11H,4-8,16H2,1-3H3,(H,17,18). The fraction of sp³-hybridized carbons (Fsp3) is 0.600. The van der Waals surface area contributed by atoms with Gasteiger partial charge in [-0.25, -0.2) is 9.78 Å². The van der Waals surface area contributed by atoms with E-state index in [1.54, 1.807) is 12.1 Å². The minimum Gasteiger partial charge on any atom is -0.464 e. The van der Waals surface area contributed by atoms with E-state index in [4.69, 9.17) is 5.73 Å². The molecule has 0 amide bonds. The van der Waals surface area contributed by atoms with Crippen molar-refractivity contribution in [1.82, 2.24) is 4.98 Å². The fourth-order valence-electron chi connectivity index (χ4n) is 2.08. The minimum atomic E-state index is -0.450. The Morgan fingerprint density at radius 3 is 2.70 bits per heavy atom. The van der Waals surface area contributed by atoms with E-state index in [9.17, 15) is 4.79 Å². The molecule has 5 nitrogen and oxygen atoms in total. The third kappa shape index (κ3) is 4.72. The summed E-state index contributed by atoms with van der Waals surface area (Å²) in [5.41, 5.74) is 6.75. The maximum Gasteiger partial charge on any atom is 0.356 e. The van der Waals surface area contributed by atoms with Crippen molar-refractivity contribution in [2.45, 2.75) is 52.0 Å². The third-order valence-corrected chi connectivity index (χ3v) is 3.21. The van der Waals surface area contributed by atoms with E-state index in [1.807, 2.05) is 0 Å². The van der Waals surface area contributed by atoms with Gasteiger partial charge in [0.25, 0.3) is 0 Å². The number of unbranched alkanes of at least 4 members (excludes halogenated alkanes) is 1. The highest BCUT2D eigenvalue weighted by molar-refractivity contribution is 5.88. The normalized spacial score (nSPS) is 11.9. The number of hydrogen-bond acceptors (Lipinski definition) is 5. The Bertz CT molecular complexity index is 435. The molecule has 0 radical (unpaired) electrons. The molecule has 0 saturated heterocycles. The fourth-order valence-corrected chi connectivity index (χ4v) is 2.08. The summed E-state index contributed by atoms with van der Waals surface area (Å²) < 4.78 is 4.68. The number of esters is 1. The molecular weight excluding hydrogens is 254 g/mol. The van der Waals surface area contributed by atoms with Crippen molar-refractivity contribution in [2.75, 3.05) is 18.2 Å². The first kappa shape index (κ1) is 16.3. The molecule has 112 valence electrons. The summed E-state index contributed by atoms with van der Waals surface area (Å²) in [7, 11) is 1.34. The molecule has 0 spiro atoms. The molecule has 1 unspecified atom stereocenters. The molecular formula is C15H25N3O2. The van der Waals surface area contributed by atoms with Crippen molar-refractivity contribution >= 4 is 17.5 Å². The zero-order valence-corrected chi connectivity index (χ0v) is 12.6. The molecule has 20 heavy (non-hydrogen) atoms. The predicted octanol–water partition coefficient (Wildman–Crippen LogP) is 3.22. The van der Waals surface area contributed by atoms with Gasteiger partial charge in [-0.05, 0) is 25.0 Å². The number of nitrogens with zero attached hydrogens (tertiary/aromatic N) is 1. The van der Waals surface area contributed by atoms with Crippen LogP contribution in [-0.4, -0.2) is 24.1 Å². The Morgan fingerprint density at radius 1 is 1.35 bits per heavy atom. The van der Waals surface area contributed by atoms with Crippen LogP contribution >= 0.6 is 0 Å². The van der Waals surface area contributed by atoms with Gasteiger partial charge in [-0.2, -0.15) is 0 Å². The van der Waals surface area contributed by atoms with Crippen LogP contribution in [0.2, 0.25) is 0 Å². The highest BCUT2D eigenvalue weighted by Gasteiger charge is 2.13. The van der Waals surface area contributed by atoms with Crippen LogP contribution in [0.3, 0.4) is 0 Å². The summed E-state index contributed by atoms with van der Waals surface area (Å²) in [4.78, 5) is 15.8. The zero-order chi connectivity index (χ0) is 15.0. The van der Waals surface area contributed by atoms with Crippen LogP contribution in [0.15, 0.2) is 12.1 Å². The van der Waals surface area contributed by atoms with Gasteiger partial charge in [0.1, 0.15) is 5.82 Å². The molecule has 1 heterocycles. The van der Waals surface area contributed by atoms with Crippen molar-refractivity contribution < 1.29 is 9.53 Å². The number of carbonyl (C=O) groups excluding carboxylic acids is 1. The summed E-state index contributed by atoms with van der Waals surface area (Å²) >= 11 is 0. The second kappa shape index (κ2) is 8.40. The van der Waals surface area contributed by atoms with E-state index in [1.165, 1.54) is 7.11 Å². The molecule has 0 aliphatic heterocycles. The highest BCUT2D eigenvalue weighted by Crippen LogP contribution is 2.20. The second-order valence-electron chi connectivity index (χ2n) is 4.90. The number of aromatic nitrogens is 1. The van der Waals surface area contributed by atoms with Crippen LogP contribution in [0.4, 0.5) is 11.5 Å². The van der Waals surface area contributed by atoms with Gasteiger partial charge < -0.3 is 15.8 Å². The number of nitrogens with two attached hydrogens (primary N) is 1. The number of nitrogen functional groups attached to an aromatic ring is 1. The van der Waals surface area contributed by atoms with Gasteiger partial charge in [-0.1, -0.05) is 33.1 Å². The molecule has 0 fully saturated rings. The molecule has 1 rings (SSSR count). The Kier molecular flexibility index (Phi) is 6.84. The van der Waals surface area contributed by atoms with E-state index in [-0.39, 0.29) is 5.69 Å². The van der Waals surface area contributed by atoms with E-state index in [0.29, 0.717) is 17.5 Å². The average Bonchev–Trinajstić information content (AvgIpc) is 2.46. The van der Waals surface area contributed by atoms with Gasteiger partial charge >= 0.3 is 5.97 Å². The smallest absolute Gasteiger partial charge is 0.356 e. The van der Waals surface area contributed by atoms with Crippen LogP contribution in [0, 0.1) is 0 Å². The Morgan fingerprint density at radius 2 is 2.10 bits per heavy atom. The van der Waals surface area contributed by atoms with E-state index in [0.717, 1.165) is 32.1 Å². The molecule has 0 saturated carbocycles. The largest absolute Gasteiger partial charge is 0.464 e. The first-order valence-corrected chi connectivity index (χ1v) is 7.23. The number of carbonyl (C=O) groups is 1. The number of ether oxygens (including phenoxy) is 1. The molecule has 3 N–H and O–H groups in total. The molecule has 1 aromatic heterocycles. The van der Waals surface area contributed by atoms with Crippen molar-refractivity contribution in [3.05, 3.63) is 17.8 Å². The maximum absolute atomic E-state index is 11.5. The van der Waals surface area contributed by atoms with Gasteiger partial charge in [0, 0.05) is 6.04 Å². The van der Waals surface area contributed by atoms with Crippen molar-refractivity contribution in [1.29, 1.82) is 0 Å². The lowest BCUT2D eigenvalue weighted by molar-refractivity contribution is 0.0594. The number of rotatable bonds is 8. The summed E-state index contributed by atoms with van der Waals surface area (Å²) in [6.07, 6.45) is 5.55. The summed E-state index contributed by atoms with van der Waals surface area (Å²) in [6, 6.07) is 3.60. The molecule has 0 aliphatic rings. The van der Waals surface area contributed by atoms with Crippen LogP contribution in [0.1, 0.15) is 56.4 Å². The van der Waals surface area contributed by atoms with Gasteiger partial charge in [0.05, 0.1) is 12.8 Å². The number of hydrogen-bond donors (Lipinski definition) is 2. The van der Waals surface area contributed by atoms with E-state index in [2.05, 4.69) is 28.9 Å². The van der Waals surface area contributed by atoms with Crippen molar-refractivity contribution in [3.8, 4) is 0 Å². The van der Waals surface area contributed by atoms with Gasteiger partial charge in [0.15, 0.2) is 5.69 Å². The maximum atomic E-state index is 11.5. The van der Waals surface area contributed by atoms with Crippen LogP contribution < -0.4 is 11.1 Å². The highest BCUT2D eigenvalue weighted by atomic mass is 16.5. The number of pyridine rings is 1. The lowest BCUT2D eigenvalue weighted by Gasteiger charge is -2.19. The molecule has 1 atom stereocenters. The van der Waals surface area contributed by atoms with Gasteiger partial charge in [-0.15, -0.1) is 0 Å². The molecule has 0 bridgehead atoms. The quantitative estimate of drug-likeness (QED) is 0.714. The SMILES string of the molecule is CCCCC(CCC)Nc1nc(C(=O)OC)ccc1N. The Labute approximate surface area is 120 Å². The number of anilines is 2. The summed E-state index contributed by atoms with van der Waals surface area (Å²) in [5.74, 6) is 0.121. The van der Waals surface area contributed by atoms with Crippen LogP contribution in [-0.2, 0) is 4.74 Å². The minimum absolute atomic E-state index is 0.273. The summed E-state index contributed by atoms with van der Waals surface area (Å²) in [6.45, 7) is 4.33. The lowest BCUT2D eigenvalue weighted by atomic mass is 10.1. The Balaban J connectivity index is 2.84. The van der Waals surface area contributed by atoms with Crippen molar-refractivity contribution in [2.24, 2.45) is 0 Å². The van der Waals surface area contributed by atoms with E-state index < -0.39 is 5.97 Å². The Hall–Kier alpha value is -1.78. The number of methoxy groups -OCH3 is 1. The average molecular weight is 279 g/mol. The predicted molar refractivity (Wildman–Crippen MR) is 81.8 cm³/mol. The first-order valence-electron chi connectivity index (χ1n) is 7.23. The topological polar surface area (TPSA) is 77.2 Å². The van der Waals surface area contributed by atoms with Crippen molar-refractivity contribution in [3.63, 3.8) is 0 Å². The first-order chi connectivity index (χ1) is 9.62. The lowest BCUT2D eigenvalue weighted by Crippen LogP contribution is -2.21. The molecule has 1 aromatic rings. The van der Waals surface area contributed by atoms with Gasteiger partial charge in [0.2, 0.25) is 0 Å². The van der Waals surface area contributed by atoms with E-state index >= 15 is 0 Å². The third-order valence-electron chi connectivity index (χ3n) is 3.21. The van der Waals surface area contributed by atoms with Gasteiger partial charge in [-0.3, -0.25) is 0 Å². The monoisotopic (exact) mass is 279 g/mol. The zero-order valence-electron chi connectivity index (χ0n) is 12.6. The molecule has 0 aliphatic carbocycles. The van der Waals surface area contributed by atoms with Crippen LogP contribution in [0.25, 0.3) is 0 Å². The van der Waals surface area contributed by atoms with Crippen LogP contribution in [0.5, 0.6) is 0 Å². The second-order valence-corrected chi connectivity index (χ2v) is 4.90. The summed E-state index contributed by atoms with van der Waals surface area (Å²) in [5, 5.41) is 3.36. The molecule has 0 aromatic carbocycles. The number of nitrogens with one attached hydrogen (secondary N) is 1. The molecule has 5 heteroatoms.